The number of carbonyl (C=O) groups is 2. The van der Waals surface area contributed by atoms with Crippen molar-refractivity contribution in [3.63, 3.8) is 0 Å². The van der Waals surface area contributed by atoms with Gasteiger partial charge in [0, 0.05) is 25.6 Å². The van der Waals surface area contributed by atoms with Crippen LogP contribution in [-0.2, 0) is 14.8 Å². The molecule has 0 aliphatic rings. The molecular weight excluding hydrogens is 414 g/mol. The molecule has 2 N–H and O–H groups in total. The molecule has 0 aromatic heterocycles. The molecule has 0 spiro atoms. The molecule has 2 rings (SSSR count). The summed E-state index contributed by atoms with van der Waals surface area (Å²) in [5.74, 6) is -0.680. The number of rotatable bonds is 9. The Labute approximate surface area is 175 Å². The average molecular weight is 436 g/mol. The quantitative estimate of drug-likeness (QED) is 0.467. The first kappa shape index (κ1) is 22.4. The highest BCUT2D eigenvalue weighted by Gasteiger charge is 2.27. The van der Waals surface area contributed by atoms with Crippen molar-refractivity contribution in [2.45, 2.75) is 11.8 Å². The van der Waals surface area contributed by atoms with Gasteiger partial charge in [0.2, 0.25) is 5.91 Å². The van der Waals surface area contributed by atoms with Crippen LogP contribution < -0.4 is 14.9 Å². The van der Waals surface area contributed by atoms with Gasteiger partial charge in [-0.2, -0.15) is 0 Å². The van der Waals surface area contributed by atoms with Crippen LogP contribution in [0.3, 0.4) is 0 Å². The largest absolute Gasteiger partial charge is 0.355 e. The van der Waals surface area contributed by atoms with Crippen LogP contribution >= 0.6 is 11.6 Å². The predicted octanol–water partition coefficient (Wildman–Crippen LogP) is 2.59. The Morgan fingerprint density at radius 2 is 1.76 bits per heavy atom. The van der Waals surface area contributed by atoms with E-state index in [0.29, 0.717) is 5.69 Å². The van der Waals surface area contributed by atoms with Gasteiger partial charge in [0.25, 0.3) is 15.9 Å². The summed E-state index contributed by atoms with van der Waals surface area (Å²) in [6.07, 6.45) is 1.47. The number of para-hydroxylation sites is 1. The normalized spacial score (nSPS) is 10.8. The molecule has 0 saturated heterocycles. The highest BCUT2D eigenvalue weighted by Crippen LogP contribution is 2.29. The zero-order valence-corrected chi connectivity index (χ0v) is 17.5. The van der Waals surface area contributed by atoms with Gasteiger partial charge in [0.05, 0.1) is 17.3 Å². The van der Waals surface area contributed by atoms with E-state index in [1.807, 2.05) is 0 Å². The highest BCUT2D eigenvalue weighted by molar-refractivity contribution is 7.93. The van der Waals surface area contributed by atoms with Gasteiger partial charge >= 0.3 is 0 Å². The first-order valence-corrected chi connectivity index (χ1v) is 10.6. The second kappa shape index (κ2) is 10.1. The van der Waals surface area contributed by atoms with Gasteiger partial charge < -0.3 is 10.6 Å². The third-order valence-corrected chi connectivity index (χ3v) is 6.16. The van der Waals surface area contributed by atoms with Gasteiger partial charge in [0.1, 0.15) is 4.90 Å². The number of carbonyl (C=O) groups excluding carboxylic acids is 2. The van der Waals surface area contributed by atoms with Crippen molar-refractivity contribution < 1.29 is 18.0 Å². The monoisotopic (exact) mass is 435 g/mol. The lowest BCUT2D eigenvalue weighted by atomic mass is 10.2. The summed E-state index contributed by atoms with van der Waals surface area (Å²) in [4.78, 5) is 23.0. The summed E-state index contributed by atoms with van der Waals surface area (Å²) >= 11 is 6.17. The van der Waals surface area contributed by atoms with E-state index in [4.69, 9.17) is 11.6 Å². The maximum atomic E-state index is 13.3. The fourth-order valence-electron chi connectivity index (χ4n) is 2.53. The van der Waals surface area contributed by atoms with Crippen LogP contribution in [0.25, 0.3) is 0 Å². The number of amides is 2. The SMILES string of the molecule is C=CCN(c1ccccc1)S(=O)(=O)c1cc(C(=O)NCCNC(C)=O)ccc1Cl. The topological polar surface area (TPSA) is 95.6 Å². The van der Waals surface area contributed by atoms with Crippen LogP contribution in [0.1, 0.15) is 17.3 Å². The third-order valence-electron chi connectivity index (χ3n) is 3.89. The summed E-state index contributed by atoms with van der Waals surface area (Å²) in [6, 6.07) is 12.6. The van der Waals surface area contributed by atoms with Crippen molar-refractivity contribution in [1.29, 1.82) is 0 Å². The summed E-state index contributed by atoms with van der Waals surface area (Å²) < 4.78 is 27.7. The molecule has 154 valence electrons. The number of nitrogens with zero attached hydrogens (tertiary/aromatic N) is 1. The maximum Gasteiger partial charge on any atom is 0.266 e. The summed E-state index contributed by atoms with van der Waals surface area (Å²) in [5.41, 5.74) is 0.594. The first-order valence-electron chi connectivity index (χ1n) is 8.78. The average Bonchev–Trinajstić information content (AvgIpc) is 2.69. The third kappa shape index (κ3) is 5.82. The maximum absolute atomic E-state index is 13.3. The lowest BCUT2D eigenvalue weighted by Crippen LogP contribution is -2.34. The van der Waals surface area contributed by atoms with E-state index in [2.05, 4.69) is 17.2 Å². The van der Waals surface area contributed by atoms with Gasteiger partial charge in [-0.25, -0.2) is 8.42 Å². The molecule has 2 amide bonds. The number of anilines is 1. The molecule has 0 aliphatic heterocycles. The van der Waals surface area contributed by atoms with E-state index < -0.39 is 15.9 Å². The van der Waals surface area contributed by atoms with E-state index >= 15 is 0 Å². The molecule has 0 radical (unpaired) electrons. The van der Waals surface area contributed by atoms with Crippen LogP contribution in [-0.4, -0.2) is 39.9 Å². The Morgan fingerprint density at radius 3 is 2.38 bits per heavy atom. The lowest BCUT2D eigenvalue weighted by Gasteiger charge is -2.24. The fraction of sp³-hybridized carbons (Fsp3) is 0.200. The number of nitrogens with one attached hydrogen (secondary N) is 2. The standard InChI is InChI=1S/C20H22ClN3O4S/c1-3-13-24(17-7-5-4-6-8-17)29(27,28)19-14-16(9-10-18(19)21)20(26)23-12-11-22-15(2)25/h3-10,14H,1,11-13H2,2H3,(H,22,25)(H,23,26). The Morgan fingerprint density at radius 1 is 1.10 bits per heavy atom. The predicted molar refractivity (Wildman–Crippen MR) is 114 cm³/mol. The van der Waals surface area contributed by atoms with Crippen LogP contribution in [0.4, 0.5) is 5.69 Å². The minimum absolute atomic E-state index is 0.00443. The molecule has 9 heteroatoms. The molecule has 0 bridgehead atoms. The van der Waals surface area contributed by atoms with E-state index in [0.717, 1.165) is 0 Å². The van der Waals surface area contributed by atoms with E-state index in [1.165, 1.54) is 35.5 Å². The van der Waals surface area contributed by atoms with E-state index in [-0.39, 0.29) is 41.0 Å². The highest BCUT2D eigenvalue weighted by atomic mass is 35.5. The Balaban J connectivity index is 2.32. The molecule has 0 unspecified atom stereocenters. The van der Waals surface area contributed by atoms with Crippen molar-refractivity contribution in [2.75, 3.05) is 23.9 Å². The molecule has 0 heterocycles. The molecule has 0 aliphatic carbocycles. The van der Waals surface area contributed by atoms with Gasteiger partial charge in [-0.15, -0.1) is 6.58 Å². The molecule has 29 heavy (non-hydrogen) atoms. The van der Waals surface area contributed by atoms with Crippen LogP contribution in [0.2, 0.25) is 5.02 Å². The van der Waals surface area contributed by atoms with Crippen molar-refractivity contribution in [3.8, 4) is 0 Å². The number of hydrogen-bond donors (Lipinski definition) is 2. The molecule has 7 nitrogen and oxygen atoms in total. The lowest BCUT2D eigenvalue weighted by molar-refractivity contribution is -0.118. The number of hydrogen-bond acceptors (Lipinski definition) is 4. The van der Waals surface area contributed by atoms with Crippen molar-refractivity contribution in [2.24, 2.45) is 0 Å². The zero-order valence-electron chi connectivity index (χ0n) is 15.9. The van der Waals surface area contributed by atoms with Crippen molar-refractivity contribution in [1.82, 2.24) is 10.6 Å². The Kier molecular flexibility index (Phi) is 7.81. The second-order valence-corrected chi connectivity index (χ2v) is 8.28. The smallest absolute Gasteiger partial charge is 0.266 e. The van der Waals surface area contributed by atoms with E-state index in [9.17, 15) is 18.0 Å². The van der Waals surface area contributed by atoms with Crippen molar-refractivity contribution in [3.05, 3.63) is 71.8 Å². The van der Waals surface area contributed by atoms with Crippen molar-refractivity contribution >= 4 is 39.1 Å². The van der Waals surface area contributed by atoms with E-state index in [1.54, 1.807) is 30.3 Å². The minimum Gasteiger partial charge on any atom is -0.355 e. The first-order chi connectivity index (χ1) is 13.8. The summed E-state index contributed by atoms with van der Waals surface area (Å²) in [5, 5.41) is 5.18. The van der Waals surface area contributed by atoms with Crippen LogP contribution in [0.5, 0.6) is 0 Å². The van der Waals surface area contributed by atoms with Gasteiger partial charge in [-0.05, 0) is 30.3 Å². The summed E-state index contributed by atoms with van der Waals surface area (Å²) in [6.45, 7) is 5.50. The number of sulfonamides is 1. The van der Waals surface area contributed by atoms with Gasteiger partial charge in [-0.1, -0.05) is 35.9 Å². The number of benzene rings is 2. The van der Waals surface area contributed by atoms with Gasteiger partial charge in [0.15, 0.2) is 0 Å². The second-order valence-electron chi connectivity index (χ2n) is 6.04. The fourth-order valence-corrected chi connectivity index (χ4v) is 4.47. The van der Waals surface area contributed by atoms with Crippen LogP contribution in [0.15, 0.2) is 66.1 Å². The molecule has 0 saturated carbocycles. The Bertz CT molecular complexity index is 994. The zero-order chi connectivity index (χ0) is 21.4. The number of halogens is 1. The molecular formula is C20H22ClN3O4S. The minimum atomic E-state index is -4.05. The molecule has 0 fully saturated rings. The van der Waals surface area contributed by atoms with Gasteiger partial charge in [-0.3, -0.25) is 13.9 Å². The molecule has 0 atom stereocenters. The Hall–Kier alpha value is -2.84. The van der Waals surface area contributed by atoms with Crippen LogP contribution in [0, 0.1) is 0 Å². The molecule has 2 aromatic carbocycles. The molecule has 2 aromatic rings. The summed E-state index contributed by atoms with van der Waals surface area (Å²) in [7, 11) is -4.05.